The van der Waals surface area contributed by atoms with E-state index < -0.39 is 10.0 Å². The Balaban J connectivity index is 1.82. The molecule has 0 aliphatic heterocycles. The Bertz CT molecular complexity index is 1240. The molecule has 0 radical (unpaired) electrons. The first kappa shape index (κ1) is 19.0. The molecule has 29 heavy (non-hydrogen) atoms. The van der Waals surface area contributed by atoms with Gasteiger partial charge in [-0.15, -0.1) is 0 Å². The summed E-state index contributed by atoms with van der Waals surface area (Å²) in [6.45, 7) is 0. The molecule has 0 saturated heterocycles. The molecule has 0 atom stereocenters. The molecule has 0 aliphatic rings. The van der Waals surface area contributed by atoms with Crippen LogP contribution in [0.4, 0.5) is 4.39 Å². The normalized spacial score (nSPS) is 11.5. The molecular formula is C21H17FN4O2S. The fraction of sp³-hybridized carbons (Fsp3) is 0.0476. The molecule has 0 fully saturated rings. The molecule has 0 saturated carbocycles. The summed E-state index contributed by atoms with van der Waals surface area (Å²) in [6, 6.07) is 16.2. The molecule has 8 heteroatoms. The number of pyridine rings is 1. The lowest BCUT2D eigenvalue weighted by atomic mass is 10.1. The average molecular weight is 408 g/mol. The molecule has 6 nitrogen and oxygen atoms in total. The SMILES string of the molecule is CNS(=O)(=O)c1ccc(-c2nc(-c3ccc(F)cc3)c(-c3ccncc3)[nH]2)cc1. The number of H-pyrrole nitrogens is 1. The summed E-state index contributed by atoms with van der Waals surface area (Å²) in [5, 5.41) is 0. The summed E-state index contributed by atoms with van der Waals surface area (Å²) < 4.78 is 39.5. The van der Waals surface area contributed by atoms with E-state index in [1.807, 2.05) is 12.1 Å². The van der Waals surface area contributed by atoms with Crippen LogP contribution in [0.2, 0.25) is 0 Å². The monoisotopic (exact) mass is 408 g/mol. The molecule has 0 unspecified atom stereocenters. The Morgan fingerprint density at radius 3 is 2.10 bits per heavy atom. The number of benzene rings is 2. The number of imidazole rings is 1. The van der Waals surface area contributed by atoms with Crippen LogP contribution in [0.25, 0.3) is 33.9 Å². The van der Waals surface area contributed by atoms with Gasteiger partial charge in [0, 0.05) is 29.1 Å². The molecule has 0 aliphatic carbocycles. The molecule has 4 aromatic rings. The van der Waals surface area contributed by atoms with E-state index in [4.69, 9.17) is 4.98 Å². The van der Waals surface area contributed by atoms with Crippen LogP contribution >= 0.6 is 0 Å². The van der Waals surface area contributed by atoms with E-state index in [2.05, 4.69) is 14.7 Å². The summed E-state index contributed by atoms with van der Waals surface area (Å²) in [7, 11) is -2.15. The van der Waals surface area contributed by atoms with Crippen molar-refractivity contribution < 1.29 is 12.8 Å². The average Bonchev–Trinajstić information content (AvgIpc) is 3.20. The predicted molar refractivity (Wildman–Crippen MR) is 109 cm³/mol. The van der Waals surface area contributed by atoms with E-state index >= 15 is 0 Å². The first-order valence-corrected chi connectivity index (χ1v) is 10.3. The number of rotatable bonds is 5. The van der Waals surface area contributed by atoms with E-state index in [0.717, 1.165) is 22.4 Å². The van der Waals surface area contributed by atoms with Crippen molar-refractivity contribution in [1.82, 2.24) is 19.7 Å². The summed E-state index contributed by atoms with van der Waals surface area (Å²) in [5.41, 5.74) is 3.80. The van der Waals surface area contributed by atoms with E-state index in [9.17, 15) is 12.8 Å². The van der Waals surface area contributed by atoms with Gasteiger partial charge in [-0.2, -0.15) is 0 Å². The quantitative estimate of drug-likeness (QED) is 0.525. The lowest BCUT2D eigenvalue weighted by molar-refractivity contribution is 0.588. The van der Waals surface area contributed by atoms with Crippen LogP contribution in [0.5, 0.6) is 0 Å². The molecule has 146 valence electrons. The largest absolute Gasteiger partial charge is 0.337 e. The molecule has 0 amide bonds. The van der Waals surface area contributed by atoms with Gasteiger partial charge in [-0.1, -0.05) is 0 Å². The third-order valence-corrected chi connectivity index (χ3v) is 5.93. The van der Waals surface area contributed by atoms with E-state index in [1.165, 1.54) is 31.3 Å². The molecule has 2 aromatic carbocycles. The highest BCUT2D eigenvalue weighted by atomic mass is 32.2. The fourth-order valence-electron chi connectivity index (χ4n) is 2.96. The van der Waals surface area contributed by atoms with Crippen molar-refractivity contribution >= 4 is 10.0 Å². The lowest BCUT2D eigenvalue weighted by Gasteiger charge is -2.03. The Kier molecular flexibility index (Phi) is 4.96. The van der Waals surface area contributed by atoms with E-state index in [1.54, 1.807) is 36.7 Å². The number of nitrogens with zero attached hydrogens (tertiary/aromatic N) is 2. The second-order valence-electron chi connectivity index (χ2n) is 6.28. The summed E-state index contributed by atoms with van der Waals surface area (Å²) in [4.78, 5) is 12.2. The zero-order chi connectivity index (χ0) is 20.4. The van der Waals surface area contributed by atoms with E-state index in [-0.39, 0.29) is 10.7 Å². The Morgan fingerprint density at radius 2 is 1.48 bits per heavy atom. The number of nitrogens with one attached hydrogen (secondary N) is 2. The molecule has 2 heterocycles. The standard InChI is InChI=1S/C21H17FN4O2S/c1-23-29(27,28)18-8-4-16(5-9-18)21-25-19(14-2-6-17(22)7-3-14)20(26-21)15-10-12-24-13-11-15/h2-13,23H,1H3,(H,25,26). The van der Waals surface area contributed by atoms with Gasteiger partial charge >= 0.3 is 0 Å². The molecular weight excluding hydrogens is 391 g/mol. The number of hydrogen-bond acceptors (Lipinski definition) is 4. The molecule has 2 N–H and O–H groups in total. The van der Waals surface area contributed by atoms with Crippen LogP contribution in [0.1, 0.15) is 0 Å². The topological polar surface area (TPSA) is 87.7 Å². The number of aromatic amines is 1. The van der Waals surface area contributed by atoms with Crippen LogP contribution in [0.15, 0.2) is 78.0 Å². The minimum Gasteiger partial charge on any atom is -0.337 e. The van der Waals surface area contributed by atoms with Gasteiger partial charge in [-0.05, 0) is 67.7 Å². The number of hydrogen-bond donors (Lipinski definition) is 2. The van der Waals surface area contributed by atoms with Gasteiger partial charge in [0.05, 0.1) is 16.3 Å². The molecule has 0 bridgehead atoms. The number of aromatic nitrogens is 3. The van der Waals surface area contributed by atoms with Gasteiger partial charge < -0.3 is 4.98 Å². The molecule has 0 spiro atoms. The first-order valence-electron chi connectivity index (χ1n) is 8.78. The van der Waals surface area contributed by atoms with E-state index in [0.29, 0.717) is 11.5 Å². The maximum atomic E-state index is 13.4. The highest BCUT2D eigenvalue weighted by Gasteiger charge is 2.16. The van der Waals surface area contributed by atoms with Gasteiger partial charge in [0.1, 0.15) is 11.6 Å². The van der Waals surface area contributed by atoms with Crippen molar-refractivity contribution in [1.29, 1.82) is 0 Å². The smallest absolute Gasteiger partial charge is 0.240 e. The Morgan fingerprint density at radius 1 is 0.862 bits per heavy atom. The highest BCUT2D eigenvalue weighted by Crippen LogP contribution is 2.33. The van der Waals surface area contributed by atoms with Gasteiger partial charge in [0.15, 0.2) is 0 Å². The van der Waals surface area contributed by atoms with Crippen LogP contribution in [0, 0.1) is 5.82 Å². The summed E-state index contributed by atoms with van der Waals surface area (Å²) in [6.07, 6.45) is 3.36. The van der Waals surface area contributed by atoms with Crippen molar-refractivity contribution in [2.24, 2.45) is 0 Å². The Hall–Kier alpha value is -3.36. The van der Waals surface area contributed by atoms with Crippen LogP contribution < -0.4 is 4.72 Å². The second-order valence-corrected chi connectivity index (χ2v) is 8.17. The van der Waals surface area contributed by atoms with Crippen LogP contribution in [-0.4, -0.2) is 30.4 Å². The van der Waals surface area contributed by atoms with Crippen molar-refractivity contribution in [2.75, 3.05) is 7.05 Å². The third kappa shape index (κ3) is 3.80. The van der Waals surface area contributed by atoms with Gasteiger partial charge in [0.2, 0.25) is 10.0 Å². The van der Waals surface area contributed by atoms with Gasteiger partial charge in [-0.3, -0.25) is 4.98 Å². The summed E-state index contributed by atoms with van der Waals surface area (Å²) >= 11 is 0. The molecule has 4 rings (SSSR count). The van der Waals surface area contributed by atoms with Gasteiger partial charge in [-0.25, -0.2) is 22.5 Å². The van der Waals surface area contributed by atoms with Crippen molar-refractivity contribution in [2.45, 2.75) is 4.90 Å². The minimum absolute atomic E-state index is 0.170. The third-order valence-electron chi connectivity index (χ3n) is 4.50. The maximum absolute atomic E-state index is 13.4. The fourth-order valence-corrected chi connectivity index (χ4v) is 3.69. The predicted octanol–water partition coefficient (Wildman–Crippen LogP) is 3.85. The van der Waals surface area contributed by atoms with Gasteiger partial charge in [0.25, 0.3) is 0 Å². The maximum Gasteiger partial charge on any atom is 0.240 e. The zero-order valence-corrected chi connectivity index (χ0v) is 16.2. The van der Waals surface area contributed by atoms with Crippen molar-refractivity contribution in [3.8, 4) is 33.9 Å². The zero-order valence-electron chi connectivity index (χ0n) is 15.4. The van der Waals surface area contributed by atoms with Crippen molar-refractivity contribution in [3.05, 3.63) is 78.9 Å². The number of sulfonamides is 1. The minimum atomic E-state index is -3.51. The first-order chi connectivity index (χ1) is 14.0. The lowest BCUT2D eigenvalue weighted by Crippen LogP contribution is -2.18. The van der Waals surface area contributed by atoms with Crippen LogP contribution in [-0.2, 0) is 10.0 Å². The summed E-state index contributed by atoms with van der Waals surface area (Å²) in [5.74, 6) is 0.251. The highest BCUT2D eigenvalue weighted by molar-refractivity contribution is 7.89. The second kappa shape index (κ2) is 7.57. The molecule has 2 aromatic heterocycles. The van der Waals surface area contributed by atoms with Crippen LogP contribution in [0.3, 0.4) is 0 Å². The Labute approximate surface area is 167 Å². The number of halogens is 1. The van der Waals surface area contributed by atoms with Crippen molar-refractivity contribution in [3.63, 3.8) is 0 Å².